The predicted octanol–water partition coefficient (Wildman–Crippen LogP) is 1.53. The molecule has 0 bridgehead atoms. The summed E-state index contributed by atoms with van der Waals surface area (Å²) < 4.78 is 37.4. The molecule has 11 heteroatoms. The minimum atomic E-state index is -3.87. The highest BCUT2D eigenvalue weighted by Crippen LogP contribution is 2.24. The Labute approximate surface area is 174 Å². The number of methoxy groups -OCH3 is 1. The van der Waals surface area contributed by atoms with Crippen molar-refractivity contribution in [1.29, 1.82) is 0 Å². The van der Waals surface area contributed by atoms with Crippen molar-refractivity contribution in [3.8, 4) is 0 Å². The summed E-state index contributed by atoms with van der Waals surface area (Å²) in [5, 5.41) is 6.45. The predicted molar refractivity (Wildman–Crippen MR) is 108 cm³/mol. The second-order valence-electron chi connectivity index (χ2n) is 7.07. The third-order valence-electron chi connectivity index (χ3n) is 4.97. The molecule has 0 saturated carbocycles. The highest BCUT2D eigenvalue weighted by atomic mass is 32.2. The molecule has 1 aromatic carbocycles. The number of nitrogens with zero attached hydrogens (tertiary/aromatic N) is 2. The van der Waals surface area contributed by atoms with Crippen molar-refractivity contribution < 1.29 is 27.3 Å². The van der Waals surface area contributed by atoms with E-state index in [4.69, 9.17) is 9.26 Å². The Hall–Kier alpha value is -2.92. The van der Waals surface area contributed by atoms with Crippen LogP contribution in [0.25, 0.3) is 0 Å². The molecular weight excluding hydrogens is 412 g/mol. The summed E-state index contributed by atoms with van der Waals surface area (Å²) in [5.41, 5.74) is 1.64. The average molecular weight is 436 g/mol. The quantitative estimate of drug-likeness (QED) is 0.641. The molecule has 10 nitrogen and oxygen atoms in total. The van der Waals surface area contributed by atoms with Gasteiger partial charge in [0.1, 0.15) is 0 Å². The van der Waals surface area contributed by atoms with Crippen LogP contribution >= 0.6 is 0 Å². The molecule has 2 heterocycles. The lowest BCUT2D eigenvalue weighted by atomic mass is 10.1. The molecule has 3 rings (SSSR count). The number of sulfonamides is 1. The maximum absolute atomic E-state index is 12.5. The Morgan fingerprint density at radius 1 is 1.30 bits per heavy atom. The van der Waals surface area contributed by atoms with E-state index in [1.807, 2.05) is 0 Å². The zero-order valence-electron chi connectivity index (χ0n) is 17.0. The number of aromatic nitrogens is 1. The van der Waals surface area contributed by atoms with Crippen LogP contribution in [0.2, 0.25) is 0 Å². The van der Waals surface area contributed by atoms with E-state index in [-0.39, 0.29) is 29.0 Å². The first-order valence-corrected chi connectivity index (χ1v) is 10.8. The first-order chi connectivity index (χ1) is 14.2. The molecule has 0 aliphatic carbocycles. The van der Waals surface area contributed by atoms with Gasteiger partial charge < -0.3 is 19.5 Å². The molecule has 1 aliphatic heterocycles. The van der Waals surface area contributed by atoms with Crippen molar-refractivity contribution in [1.82, 2.24) is 10.1 Å². The molecule has 1 fully saturated rings. The van der Waals surface area contributed by atoms with Crippen molar-refractivity contribution in [2.45, 2.75) is 25.2 Å². The zero-order valence-corrected chi connectivity index (χ0v) is 17.8. The molecule has 30 heavy (non-hydrogen) atoms. The normalized spacial score (nSPS) is 16.7. The van der Waals surface area contributed by atoms with Gasteiger partial charge in [-0.15, -0.1) is 0 Å². The van der Waals surface area contributed by atoms with E-state index in [9.17, 15) is 18.0 Å². The average Bonchev–Trinajstić information content (AvgIpc) is 3.23. The topological polar surface area (TPSA) is 131 Å². The number of rotatable bonds is 8. The van der Waals surface area contributed by atoms with Gasteiger partial charge >= 0.3 is 0 Å². The highest BCUT2D eigenvalue weighted by molar-refractivity contribution is 7.92. The summed E-state index contributed by atoms with van der Waals surface area (Å²) in [4.78, 5) is 26.1. The Bertz CT molecular complexity index is 1030. The van der Waals surface area contributed by atoms with Crippen LogP contribution < -0.4 is 10.0 Å². The molecule has 0 radical (unpaired) electrons. The molecule has 1 saturated heterocycles. The highest BCUT2D eigenvalue weighted by Gasteiger charge is 2.34. The molecule has 0 spiro atoms. The van der Waals surface area contributed by atoms with Crippen LogP contribution in [-0.4, -0.2) is 57.1 Å². The van der Waals surface area contributed by atoms with E-state index >= 15 is 0 Å². The van der Waals surface area contributed by atoms with E-state index in [2.05, 4.69) is 15.2 Å². The van der Waals surface area contributed by atoms with E-state index in [1.54, 1.807) is 25.9 Å². The van der Waals surface area contributed by atoms with Crippen LogP contribution in [-0.2, 0) is 24.3 Å². The second kappa shape index (κ2) is 8.84. The number of carbonyl (C=O) groups excluding carboxylic acids is 2. The number of benzene rings is 1. The maximum atomic E-state index is 12.5. The summed E-state index contributed by atoms with van der Waals surface area (Å²) in [7, 11) is -2.31. The molecule has 2 amide bonds. The lowest BCUT2D eigenvalue weighted by Gasteiger charge is -2.16. The van der Waals surface area contributed by atoms with Gasteiger partial charge in [0.15, 0.2) is 0 Å². The number of anilines is 2. The van der Waals surface area contributed by atoms with Crippen LogP contribution in [0.3, 0.4) is 0 Å². The van der Waals surface area contributed by atoms with Crippen molar-refractivity contribution in [3.63, 3.8) is 0 Å². The Morgan fingerprint density at radius 3 is 2.60 bits per heavy atom. The number of carbonyl (C=O) groups is 2. The van der Waals surface area contributed by atoms with Crippen LogP contribution in [0, 0.1) is 19.8 Å². The van der Waals surface area contributed by atoms with E-state index < -0.39 is 15.9 Å². The van der Waals surface area contributed by atoms with E-state index in [0.717, 1.165) is 0 Å². The molecule has 2 N–H and O–H groups in total. The van der Waals surface area contributed by atoms with Gasteiger partial charge in [-0.1, -0.05) is 5.16 Å². The lowest BCUT2D eigenvalue weighted by Crippen LogP contribution is -2.30. The summed E-state index contributed by atoms with van der Waals surface area (Å²) in [6.07, 6.45) is 0.141. The van der Waals surface area contributed by atoms with Crippen LogP contribution in [0.15, 0.2) is 33.7 Å². The SMILES string of the molecule is COCCN1CC(C(=O)Nc2ccc(S(=O)(=O)Nc3onc(C)c3C)cc2)CC1=O. The minimum absolute atomic E-state index is 0.00994. The number of hydrogen-bond donors (Lipinski definition) is 2. The summed E-state index contributed by atoms with van der Waals surface area (Å²) >= 11 is 0. The standard InChI is InChI=1S/C19H24N4O6S/c1-12-13(2)21-29-19(12)22-30(26,27)16-6-4-15(5-7-16)20-18(25)14-10-17(24)23(11-14)8-9-28-3/h4-7,14,22H,8-11H2,1-3H3,(H,20,25). The van der Waals surface area contributed by atoms with Crippen molar-refractivity contribution in [2.24, 2.45) is 5.92 Å². The van der Waals surface area contributed by atoms with Gasteiger partial charge in [-0.2, -0.15) is 0 Å². The van der Waals surface area contributed by atoms with Crippen molar-refractivity contribution in [2.75, 3.05) is 36.8 Å². The van der Waals surface area contributed by atoms with Gasteiger partial charge in [0.05, 0.1) is 23.1 Å². The fourth-order valence-corrected chi connectivity index (χ4v) is 4.07. The van der Waals surface area contributed by atoms with Gasteiger partial charge in [-0.3, -0.25) is 9.59 Å². The van der Waals surface area contributed by atoms with Crippen LogP contribution in [0.4, 0.5) is 11.6 Å². The fraction of sp³-hybridized carbons (Fsp3) is 0.421. The number of hydrogen-bond acceptors (Lipinski definition) is 7. The molecule has 162 valence electrons. The van der Waals surface area contributed by atoms with Gasteiger partial charge in [-0.25, -0.2) is 13.1 Å². The van der Waals surface area contributed by atoms with Crippen molar-refractivity contribution >= 4 is 33.4 Å². The Morgan fingerprint density at radius 2 is 2.00 bits per heavy atom. The molecule has 1 unspecified atom stereocenters. The largest absolute Gasteiger partial charge is 0.383 e. The first-order valence-electron chi connectivity index (χ1n) is 9.34. The van der Waals surface area contributed by atoms with Crippen molar-refractivity contribution in [3.05, 3.63) is 35.5 Å². The third-order valence-corrected chi connectivity index (χ3v) is 6.31. The number of aryl methyl sites for hydroxylation is 1. The van der Waals surface area contributed by atoms with E-state index in [0.29, 0.717) is 36.6 Å². The molecule has 1 atom stereocenters. The third kappa shape index (κ3) is 4.79. The van der Waals surface area contributed by atoms with E-state index in [1.165, 1.54) is 24.3 Å². The lowest BCUT2D eigenvalue weighted by molar-refractivity contribution is -0.128. The Balaban J connectivity index is 1.62. The van der Waals surface area contributed by atoms with Gasteiger partial charge in [-0.05, 0) is 38.1 Å². The first kappa shape index (κ1) is 21.8. The fourth-order valence-electron chi connectivity index (χ4n) is 3.02. The monoisotopic (exact) mass is 436 g/mol. The summed E-state index contributed by atoms with van der Waals surface area (Å²) in [5.74, 6) is -0.770. The number of ether oxygens (including phenoxy) is 1. The van der Waals surface area contributed by atoms with Gasteiger partial charge in [0.25, 0.3) is 10.0 Å². The number of amides is 2. The Kier molecular flexibility index (Phi) is 6.42. The number of likely N-dealkylation sites (tertiary alicyclic amines) is 1. The molecular formula is C19H24N4O6S. The summed E-state index contributed by atoms with van der Waals surface area (Å²) in [6, 6.07) is 5.73. The zero-order chi connectivity index (χ0) is 21.9. The van der Waals surface area contributed by atoms with Crippen LogP contribution in [0.5, 0.6) is 0 Å². The molecule has 2 aromatic rings. The maximum Gasteiger partial charge on any atom is 0.264 e. The van der Waals surface area contributed by atoms with Gasteiger partial charge in [0.2, 0.25) is 17.7 Å². The van der Waals surface area contributed by atoms with Crippen LogP contribution in [0.1, 0.15) is 17.7 Å². The minimum Gasteiger partial charge on any atom is -0.383 e. The molecule has 1 aromatic heterocycles. The number of nitrogens with one attached hydrogen (secondary N) is 2. The smallest absolute Gasteiger partial charge is 0.264 e. The summed E-state index contributed by atoms with van der Waals surface area (Å²) in [6.45, 7) is 4.61. The molecule has 1 aliphatic rings. The van der Waals surface area contributed by atoms with Gasteiger partial charge in [0, 0.05) is 37.9 Å². The second-order valence-corrected chi connectivity index (χ2v) is 8.76.